The fourth-order valence-corrected chi connectivity index (χ4v) is 5.14. The van der Waals surface area contributed by atoms with Gasteiger partial charge in [0.2, 0.25) is 0 Å². The molecule has 0 bridgehead atoms. The van der Waals surface area contributed by atoms with Crippen molar-refractivity contribution < 1.29 is 4.42 Å². The van der Waals surface area contributed by atoms with Crippen LogP contribution < -0.4 is 4.90 Å². The quantitative estimate of drug-likeness (QED) is 0.540. The Balaban J connectivity index is 1.79. The van der Waals surface area contributed by atoms with Gasteiger partial charge in [0.05, 0.1) is 11.6 Å². The number of furan rings is 1. The summed E-state index contributed by atoms with van der Waals surface area (Å²) in [6.45, 7) is 4.57. The van der Waals surface area contributed by atoms with Crippen molar-refractivity contribution >= 4 is 16.7 Å². The number of aryl methyl sites for hydroxylation is 1. The standard InChI is InChI=1S/C22H23NO/c1-15-9-3-5-11-18(15)23-16(2)20-17-10-4-6-12-19(17)24-21(20)22(23)13-7-8-14-22/h3-6,9-12,16H,7-8,13-14H2,1-2H3. The molecule has 0 amide bonds. The van der Waals surface area contributed by atoms with Gasteiger partial charge in [-0.3, -0.25) is 0 Å². The van der Waals surface area contributed by atoms with Crippen LogP contribution in [-0.4, -0.2) is 0 Å². The highest BCUT2D eigenvalue weighted by Crippen LogP contribution is 2.58. The van der Waals surface area contributed by atoms with Crippen LogP contribution in [0.4, 0.5) is 5.69 Å². The van der Waals surface area contributed by atoms with Crippen molar-refractivity contribution in [2.75, 3.05) is 4.90 Å². The van der Waals surface area contributed by atoms with Gasteiger partial charge < -0.3 is 9.32 Å². The zero-order valence-corrected chi connectivity index (χ0v) is 14.4. The van der Waals surface area contributed by atoms with Crippen molar-refractivity contribution in [1.82, 2.24) is 0 Å². The Bertz CT molecular complexity index is 917. The van der Waals surface area contributed by atoms with Gasteiger partial charge >= 0.3 is 0 Å². The van der Waals surface area contributed by atoms with Gasteiger partial charge in [-0.15, -0.1) is 0 Å². The molecule has 2 aromatic carbocycles. The Kier molecular flexibility index (Phi) is 2.88. The molecule has 2 nitrogen and oxygen atoms in total. The molecule has 3 aromatic rings. The largest absolute Gasteiger partial charge is 0.458 e. The van der Waals surface area contributed by atoms with Crippen LogP contribution in [0, 0.1) is 6.92 Å². The van der Waals surface area contributed by atoms with E-state index in [0.717, 1.165) is 5.58 Å². The van der Waals surface area contributed by atoms with Gasteiger partial charge in [-0.05, 0) is 44.4 Å². The maximum atomic E-state index is 6.47. The van der Waals surface area contributed by atoms with E-state index in [9.17, 15) is 0 Å². The number of rotatable bonds is 1. The maximum Gasteiger partial charge on any atom is 0.136 e. The minimum Gasteiger partial charge on any atom is -0.458 e. The first kappa shape index (κ1) is 14.2. The Morgan fingerprint density at radius 1 is 1.00 bits per heavy atom. The second-order valence-electron chi connectivity index (χ2n) is 7.41. The Morgan fingerprint density at radius 2 is 1.71 bits per heavy atom. The van der Waals surface area contributed by atoms with Crippen molar-refractivity contribution in [2.24, 2.45) is 0 Å². The minimum atomic E-state index is 0.0416. The van der Waals surface area contributed by atoms with Crippen molar-refractivity contribution in [2.45, 2.75) is 51.1 Å². The van der Waals surface area contributed by atoms with Gasteiger partial charge in [0.25, 0.3) is 0 Å². The van der Waals surface area contributed by atoms with Gasteiger partial charge in [-0.1, -0.05) is 49.2 Å². The molecule has 122 valence electrons. The molecule has 1 unspecified atom stereocenters. The zero-order chi connectivity index (χ0) is 16.3. The Labute approximate surface area is 143 Å². The highest BCUT2D eigenvalue weighted by molar-refractivity contribution is 5.86. The minimum absolute atomic E-state index is 0.0416. The van der Waals surface area contributed by atoms with Crippen LogP contribution in [0.3, 0.4) is 0 Å². The first-order chi connectivity index (χ1) is 11.7. The molecule has 1 aromatic heterocycles. The van der Waals surface area contributed by atoms with Crippen LogP contribution in [0.5, 0.6) is 0 Å². The number of benzene rings is 2. The van der Waals surface area contributed by atoms with E-state index in [-0.39, 0.29) is 5.54 Å². The van der Waals surface area contributed by atoms with E-state index < -0.39 is 0 Å². The molecule has 1 aliphatic heterocycles. The lowest BCUT2D eigenvalue weighted by atomic mass is 9.93. The van der Waals surface area contributed by atoms with Gasteiger partial charge in [-0.2, -0.15) is 0 Å². The van der Waals surface area contributed by atoms with Crippen molar-refractivity contribution in [3.63, 3.8) is 0 Å². The highest BCUT2D eigenvalue weighted by Gasteiger charge is 2.54. The van der Waals surface area contributed by atoms with Crippen molar-refractivity contribution in [3.05, 3.63) is 65.4 Å². The molecular weight excluding hydrogens is 294 g/mol. The molecule has 24 heavy (non-hydrogen) atoms. The fourth-order valence-electron chi connectivity index (χ4n) is 5.14. The van der Waals surface area contributed by atoms with E-state index in [1.807, 2.05) is 0 Å². The third-order valence-corrected chi connectivity index (χ3v) is 6.13. The van der Waals surface area contributed by atoms with Gasteiger partial charge in [0.1, 0.15) is 11.3 Å². The first-order valence-electron chi connectivity index (χ1n) is 9.09. The molecule has 5 rings (SSSR count). The van der Waals surface area contributed by atoms with E-state index in [1.54, 1.807) is 0 Å². The summed E-state index contributed by atoms with van der Waals surface area (Å²) in [4.78, 5) is 2.66. The summed E-state index contributed by atoms with van der Waals surface area (Å²) in [6, 6.07) is 17.7. The Morgan fingerprint density at radius 3 is 2.50 bits per heavy atom. The average molecular weight is 317 g/mol. The summed E-state index contributed by atoms with van der Waals surface area (Å²) < 4.78 is 6.47. The monoisotopic (exact) mass is 317 g/mol. The van der Waals surface area contributed by atoms with Crippen LogP contribution in [0.1, 0.15) is 55.5 Å². The van der Waals surface area contributed by atoms with Crippen molar-refractivity contribution in [1.29, 1.82) is 0 Å². The predicted octanol–water partition coefficient (Wildman–Crippen LogP) is 6.09. The third kappa shape index (κ3) is 1.66. The molecule has 0 saturated heterocycles. The van der Waals surface area contributed by atoms with E-state index in [1.165, 1.54) is 53.6 Å². The van der Waals surface area contributed by atoms with Gasteiger partial charge in [0.15, 0.2) is 0 Å². The molecule has 1 spiro atoms. The molecule has 1 saturated carbocycles. The molecule has 1 atom stereocenters. The van der Waals surface area contributed by atoms with Crippen LogP contribution in [0.25, 0.3) is 11.0 Å². The summed E-state index contributed by atoms with van der Waals surface area (Å²) in [7, 11) is 0. The fraction of sp³-hybridized carbons (Fsp3) is 0.364. The number of anilines is 1. The summed E-state index contributed by atoms with van der Waals surface area (Å²) in [5.41, 5.74) is 5.22. The molecule has 1 fully saturated rings. The second kappa shape index (κ2) is 4.89. The van der Waals surface area contributed by atoms with E-state index in [0.29, 0.717) is 6.04 Å². The number of fused-ring (bicyclic) bond motifs is 4. The van der Waals surface area contributed by atoms with E-state index >= 15 is 0 Å². The first-order valence-corrected chi connectivity index (χ1v) is 9.09. The van der Waals surface area contributed by atoms with Crippen LogP contribution in [0.2, 0.25) is 0 Å². The van der Waals surface area contributed by atoms with Crippen LogP contribution in [-0.2, 0) is 5.54 Å². The number of hydrogen-bond acceptors (Lipinski definition) is 2. The lowest BCUT2D eigenvalue weighted by molar-refractivity contribution is 0.348. The van der Waals surface area contributed by atoms with E-state index in [4.69, 9.17) is 4.42 Å². The highest BCUT2D eigenvalue weighted by atomic mass is 16.3. The number of para-hydroxylation sites is 2. The zero-order valence-electron chi connectivity index (χ0n) is 14.4. The smallest absolute Gasteiger partial charge is 0.136 e. The lowest BCUT2D eigenvalue weighted by Crippen LogP contribution is -2.40. The van der Waals surface area contributed by atoms with Gasteiger partial charge in [-0.25, -0.2) is 0 Å². The predicted molar refractivity (Wildman–Crippen MR) is 98.4 cm³/mol. The lowest BCUT2D eigenvalue weighted by Gasteiger charge is -2.40. The molecule has 1 aliphatic carbocycles. The molecule has 0 N–H and O–H groups in total. The topological polar surface area (TPSA) is 16.4 Å². The number of hydrogen-bond donors (Lipinski definition) is 0. The molecule has 0 radical (unpaired) electrons. The average Bonchev–Trinajstić information content (AvgIpc) is 3.26. The number of nitrogens with zero attached hydrogens (tertiary/aromatic N) is 1. The summed E-state index contributed by atoms with van der Waals surface area (Å²) in [5, 5.41) is 1.29. The summed E-state index contributed by atoms with van der Waals surface area (Å²) >= 11 is 0. The summed E-state index contributed by atoms with van der Waals surface area (Å²) in [6.07, 6.45) is 4.95. The molecule has 2 heterocycles. The van der Waals surface area contributed by atoms with Crippen LogP contribution in [0.15, 0.2) is 52.9 Å². The SMILES string of the molecule is Cc1ccccc1N1C(C)c2c(oc3ccccc23)C12CCCC2. The van der Waals surface area contributed by atoms with Crippen LogP contribution >= 0.6 is 0 Å². The third-order valence-electron chi connectivity index (χ3n) is 6.13. The maximum absolute atomic E-state index is 6.47. The summed E-state index contributed by atoms with van der Waals surface area (Å²) in [5.74, 6) is 1.23. The molecule has 2 heteroatoms. The van der Waals surface area contributed by atoms with E-state index in [2.05, 4.69) is 67.3 Å². The molecule has 2 aliphatic rings. The second-order valence-corrected chi connectivity index (χ2v) is 7.41. The van der Waals surface area contributed by atoms with Gasteiger partial charge in [0, 0.05) is 16.6 Å². The normalized spacial score (nSPS) is 21.8. The molecular formula is C22H23NO. The Hall–Kier alpha value is -2.22. The van der Waals surface area contributed by atoms with Crippen molar-refractivity contribution in [3.8, 4) is 0 Å².